The Morgan fingerprint density at radius 2 is 2.28 bits per heavy atom. The molecule has 0 aliphatic heterocycles. The molecule has 0 saturated heterocycles. The quantitative estimate of drug-likeness (QED) is 0.685. The van der Waals surface area contributed by atoms with Crippen molar-refractivity contribution in [2.45, 2.75) is 11.0 Å². The molecule has 0 unspecified atom stereocenters. The average molecular weight is 301 g/mol. The fourth-order valence-electron chi connectivity index (χ4n) is 1.18. The van der Waals surface area contributed by atoms with Gasteiger partial charge in [0, 0.05) is 17.3 Å². The molecule has 3 heterocycles. The fourth-order valence-corrected chi connectivity index (χ4v) is 2.68. The molecule has 0 radical (unpaired) electrons. The maximum absolute atomic E-state index is 5.89. The summed E-state index contributed by atoms with van der Waals surface area (Å²) in [5.74, 6) is 1.43. The molecule has 0 saturated carbocycles. The molecule has 0 atom stereocenters. The van der Waals surface area contributed by atoms with Crippen LogP contribution in [0.25, 0.3) is 11.7 Å². The van der Waals surface area contributed by atoms with Crippen molar-refractivity contribution in [2.75, 3.05) is 0 Å². The minimum Gasteiger partial charge on any atom is -0.459 e. The van der Waals surface area contributed by atoms with Gasteiger partial charge in [-0.1, -0.05) is 27.9 Å². The molecule has 0 bridgehead atoms. The second kappa shape index (κ2) is 5.09. The summed E-state index contributed by atoms with van der Waals surface area (Å²) in [5, 5.41) is 12.1. The molecule has 18 heavy (non-hydrogen) atoms. The Bertz CT molecular complexity index is 637. The summed E-state index contributed by atoms with van der Waals surface area (Å²) in [6.07, 6.45) is 1.55. The summed E-state index contributed by atoms with van der Waals surface area (Å²) in [5.41, 5.74) is 0.712. The summed E-state index contributed by atoms with van der Waals surface area (Å²) in [4.78, 5) is 0. The van der Waals surface area contributed by atoms with Crippen molar-refractivity contribution in [2.24, 2.45) is 0 Å². The Hall–Kier alpha value is -1.38. The van der Waals surface area contributed by atoms with Gasteiger partial charge >= 0.3 is 0 Å². The average Bonchev–Trinajstić information content (AvgIpc) is 3.08. The van der Waals surface area contributed by atoms with Gasteiger partial charge in [-0.3, -0.25) is 0 Å². The topological polar surface area (TPSA) is 77.8 Å². The summed E-state index contributed by atoms with van der Waals surface area (Å²) in [6, 6.07) is 3.51. The first-order chi connectivity index (χ1) is 8.83. The van der Waals surface area contributed by atoms with Crippen molar-refractivity contribution >= 4 is 34.9 Å². The maximum Gasteiger partial charge on any atom is 0.284 e. The molecular formula is C9H5ClN4O2S2. The van der Waals surface area contributed by atoms with Crippen LogP contribution in [0.15, 0.2) is 32.5 Å². The number of hydrogen-bond acceptors (Lipinski definition) is 8. The summed E-state index contributed by atoms with van der Waals surface area (Å²) >= 11 is 8.39. The van der Waals surface area contributed by atoms with E-state index in [0.717, 1.165) is 11.5 Å². The Morgan fingerprint density at radius 1 is 1.33 bits per heavy atom. The number of nitrogens with zero attached hydrogens (tertiary/aromatic N) is 4. The molecule has 0 aliphatic rings. The molecular weight excluding hydrogens is 296 g/mol. The van der Waals surface area contributed by atoms with E-state index in [-0.39, 0.29) is 0 Å². The molecule has 0 aromatic carbocycles. The van der Waals surface area contributed by atoms with Crippen molar-refractivity contribution in [1.82, 2.24) is 19.8 Å². The Kier molecular flexibility index (Phi) is 3.31. The number of hydrogen-bond donors (Lipinski definition) is 0. The van der Waals surface area contributed by atoms with E-state index in [0.29, 0.717) is 32.7 Å². The SMILES string of the molecule is Clc1snnc1CSc1nnc(-c2ccco2)o1. The van der Waals surface area contributed by atoms with Crippen molar-refractivity contribution in [3.8, 4) is 11.7 Å². The van der Waals surface area contributed by atoms with Crippen LogP contribution in [0.2, 0.25) is 4.34 Å². The highest BCUT2D eigenvalue weighted by Gasteiger charge is 2.13. The van der Waals surface area contributed by atoms with Crippen LogP contribution < -0.4 is 0 Å². The largest absolute Gasteiger partial charge is 0.459 e. The van der Waals surface area contributed by atoms with E-state index in [4.69, 9.17) is 20.4 Å². The highest BCUT2D eigenvalue weighted by atomic mass is 35.5. The Balaban J connectivity index is 1.69. The number of rotatable bonds is 4. The summed E-state index contributed by atoms with van der Waals surface area (Å²) in [7, 11) is 0. The van der Waals surface area contributed by atoms with Gasteiger partial charge in [0.25, 0.3) is 11.1 Å². The van der Waals surface area contributed by atoms with E-state index in [1.807, 2.05) is 0 Å². The zero-order valence-electron chi connectivity index (χ0n) is 8.74. The summed E-state index contributed by atoms with van der Waals surface area (Å²) in [6.45, 7) is 0. The number of thioether (sulfide) groups is 1. The van der Waals surface area contributed by atoms with Crippen molar-refractivity contribution in [3.63, 3.8) is 0 Å². The van der Waals surface area contributed by atoms with Gasteiger partial charge in [-0.25, -0.2) is 0 Å². The standard InChI is InChI=1S/C9H5ClN4O2S2/c10-7-5(11-14-18-7)4-17-9-13-12-8(16-9)6-2-1-3-15-6/h1-3H,4H2. The van der Waals surface area contributed by atoms with E-state index in [2.05, 4.69) is 19.8 Å². The predicted octanol–water partition coefficient (Wildman–Crippen LogP) is 3.13. The second-order valence-electron chi connectivity index (χ2n) is 3.13. The van der Waals surface area contributed by atoms with Crippen LogP contribution in [-0.4, -0.2) is 19.8 Å². The molecule has 92 valence electrons. The monoisotopic (exact) mass is 300 g/mol. The molecule has 3 aromatic rings. The van der Waals surface area contributed by atoms with Crippen LogP contribution in [0, 0.1) is 0 Å². The predicted molar refractivity (Wildman–Crippen MR) is 66.5 cm³/mol. The first-order valence-electron chi connectivity index (χ1n) is 4.80. The van der Waals surface area contributed by atoms with E-state index < -0.39 is 0 Å². The highest BCUT2D eigenvalue weighted by molar-refractivity contribution is 7.98. The Labute approximate surface area is 115 Å². The van der Waals surface area contributed by atoms with Crippen LogP contribution in [0.1, 0.15) is 5.69 Å². The molecule has 3 rings (SSSR count). The van der Waals surface area contributed by atoms with Crippen LogP contribution in [0.3, 0.4) is 0 Å². The van der Waals surface area contributed by atoms with Crippen molar-refractivity contribution < 1.29 is 8.83 Å². The Morgan fingerprint density at radius 3 is 3.00 bits per heavy atom. The lowest BCUT2D eigenvalue weighted by Crippen LogP contribution is -1.82. The molecule has 0 N–H and O–H groups in total. The molecule has 0 aliphatic carbocycles. The van der Waals surface area contributed by atoms with E-state index in [9.17, 15) is 0 Å². The third kappa shape index (κ3) is 2.40. The van der Waals surface area contributed by atoms with Gasteiger partial charge in [-0.05, 0) is 12.1 Å². The zero-order chi connectivity index (χ0) is 12.4. The van der Waals surface area contributed by atoms with Crippen LogP contribution >= 0.6 is 34.9 Å². The van der Waals surface area contributed by atoms with Gasteiger partial charge in [0.1, 0.15) is 10.0 Å². The van der Waals surface area contributed by atoms with Crippen LogP contribution in [0.4, 0.5) is 0 Å². The molecule has 9 heteroatoms. The first-order valence-corrected chi connectivity index (χ1v) is 6.93. The number of halogens is 1. The van der Waals surface area contributed by atoms with Gasteiger partial charge in [-0.2, -0.15) is 0 Å². The number of furan rings is 1. The van der Waals surface area contributed by atoms with E-state index >= 15 is 0 Å². The van der Waals surface area contributed by atoms with Gasteiger partial charge < -0.3 is 8.83 Å². The molecule has 3 aromatic heterocycles. The fraction of sp³-hybridized carbons (Fsp3) is 0.111. The van der Waals surface area contributed by atoms with Crippen molar-refractivity contribution in [3.05, 3.63) is 28.4 Å². The summed E-state index contributed by atoms with van der Waals surface area (Å²) < 4.78 is 14.9. The lowest BCUT2D eigenvalue weighted by atomic mass is 10.5. The van der Waals surface area contributed by atoms with Crippen molar-refractivity contribution in [1.29, 1.82) is 0 Å². The highest BCUT2D eigenvalue weighted by Crippen LogP contribution is 2.28. The molecule has 0 spiro atoms. The minimum atomic E-state index is 0.352. The third-order valence-corrected chi connectivity index (χ3v) is 3.79. The van der Waals surface area contributed by atoms with Crippen LogP contribution in [0.5, 0.6) is 0 Å². The maximum atomic E-state index is 5.89. The second-order valence-corrected chi connectivity index (χ2v) is 5.42. The van der Waals surface area contributed by atoms with Gasteiger partial charge in [0.05, 0.1) is 6.26 Å². The smallest absolute Gasteiger partial charge is 0.284 e. The lowest BCUT2D eigenvalue weighted by molar-refractivity contribution is 0.447. The minimum absolute atomic E-state index is 0.352. The molecule has 0 amide bonds. The normalized spacial score (nSPS) is 10.9. The lowest BCUT2D eigenvalue weighted by Gasteiger charge is -1.91. The molecule has 0 fully saturated rings. The number of aromatic nitrogens is 4. The van der Waals surface area contributed by atoms with Gasteiger partial charge in [-0.15, -0.1) is 15.3 Å². The zero-order valence-corrected chi connectivity index (χ0v) is 11.1. The van der Waals surface area contributed by atoms with Gasteiger partial charge in [0.15, 0.2) is 5.76 Å². The van der Waals surface area contributed by atoms with Gasteiger partial charge in [0.2, 0.25) is 0 Å². The first kappa shape index (κ1) is 11.7. The molecule has 6 nitrogen and oxygen atoms in total. The van der Waals surface area contributed by atoms with E-state index in [1.54, 1.807) is 18.4 Å². The van der Waals surface area contributed by atoms with E-state index in [1.165, 1.54) is 11.8 Å². The van der Waals surface area contributed by atoms with Crippen LogP contribution in [-0.2, 0) is 5.75 Å². The third-order valence-electron chi connectivity index (χ3n) is 1.98.